The normalized spacial score (nSPS) is 9.95. The van der Waals surface area contributed by atoms with Crippen LogP contribution in [-0.4, -0.2) is 27.4 Å². The minimum Gasteiger partial charge on any atom is -0.370 e. The summed E-state index contributed by atoms with van der Waals surface area (Å²) in [6.45, 7) is 3.16. The van der Waals surface area contributed by atoms with Crippen LogP contribution in [-0.2, 0) is 6.54 Å². The van der Waals surface area contributed by atoms with E-state index in [1.165, 1.54) is 6.33 Å². The molecule has 98 valence electrons. The van der Waals surface area contributed by atoms with E-state index in [0.29, 0.717) is 12.1 Å². The Morgan fingerprint density at radius 3 is 2.79 bits per heavy atom. The van der Waals surface area contributed by atoms with Crippen LogP contribution < -0.4 is 10.6 Å². The van der Waals surface area contributed by atoms with Crippen molar-refractivity contribution in [2.75, 3.05) is 11.9 Å². The molecule has 0 bridgehead atoms. The van der Waals surface area contributed by atoms with E-state index in [9.17, 15) is 4.79 Å². The highest BCUT2D eigenvalue weighted by atomic mass is 16.1. The van der Waals surface area contributed by atoms with Crippen LogP contribution in [0, 0.1) is 0 Å². The number of hydrogen-bond acceptors (Lipinski definition) is 5. The topological polar surface area (TPSA) is 79.8 Å². The lowest BCUT2D eigenvalue weighted by Crippen LogP contribution is -2.23. The zero-order valence-corrected chi connectivity index (χ0v) is 10.6. The van der Waals surface area contributed by atoms with Crippen molar-refractivity contribution in [3.8, 4) is 0 Å². The van der Waals surface area contributed by atoms with Gasteiger partial charge >= 0.3 is 0 Å². The molecule has 0 atom stereocenters. The quantitative estimate of drug-likeness (QED) is 0.842. The molecule has 2 rings (SSSR count). The Bertz CT molecular complexity index is 526. The number of carbonyl (C=O) groups is 1. The van der Waals surface area contributed by atoms with Gasteiger partial charge < -0.3 is 10.6 Å². The average molecular weight is 257 g/mol. The maximum atomic E-state index is 11.9. The summed E-state index contributed by atoms with van der Waals surface area (Å²) in [5, 5.41) is 5.85. The van der Waals surface area contributed by atoms with Crippen LogP contribution in [0.1, 0.15) is 23.0 Å². The summed E-state index contributed by atoms with van der Waals surface area (Å²) in [6.07, 6.45) is 4.64. The van der Waals surface area contributed by atoms with Crippen molar-refractivity contribution in [3.63, 3.8) is 0 Å². The number of nitrogens with zero attached hydrogens (tertiary/aromatic N) is 3. The smallest absolute Gasteiger partial charge is 0.253 e. The summed E-state index contributed by atoms with van der Waals surface area (Å²) < 4.78 is 0. The van der Waals surface area contributed by atoms with Crippen LogP contribution in [0.15, 0.2) is 36.9 Å². The monoisotopic (exact) mass is 257 g/mol. The maximum Gasteiger partial charge on any atom is 0.253 e. The second kappa shape index (κ2) is 6.44. The van der Waals surface area contributed by atoms with Gasteiger partial charge in [0.25, 0.3) is 5.91 Å². The van der Waals surface area contributed by atoms with Gasteiger partial charge in [0.15, 0.2) is 0 Å². The lowest BCUT2D eigenvalue weighted by atomic mass is 10.2. The third-order valence-corrected chi connectivity index (χ3v) is 2.46. The molecule has 0 aromatic carbocycles. The van der Waals surface area contributed by atoms with E-state index in [-0.39, 0.29) is 5.91 Å². The van der Waals surface area contributed by atoms with Crippen LogP contribution in [0.4, 0.5) is 5.82 Å². The van der Waals surface area contributed by atoms with E-state index >= 15 is 0 Å². The molecule has 0 aliphatic carbocycles. The minimum absolute atomic E-state index is 0.172. The number of hydrogen-bond donors (Lipinski definition) is 2. The van der Waals surface area contributed by atoms with Crippen molar-refractivity contribution in [2.24, 2.45) is 0 Å². The SMILES string of the molecule is CCNc1ccc(C(=O)NCc2ccncn2)cn1. The van der Waals surface area contributed by atoms with E-state index in [0.717, 1.165) is 18.1 Å². The van der Waals surface area contributed by atoms with Gasteiger partial charge in [-0.3, -0.25) is 4.79 Å². The number of anilines is 1. The highest BCUT2D eigenvalue weighted by Crippen LogP contribution is 2.04. The molecule has 0 saturated carbocycles. The summed E-state index contributed by atoms with van der Waals surface area (Å²) in [7, 11) is 0. The third-order valence-electron chi connectivity index (χ3n) is 2.46. The van der Waals surface area contributed by atoms with E-state index in [1.54, 1.807) is 30.6 Å². The summed E-state index contributed by atoms with van der Waals surface area (Å²) in [5.41, 5.74) is 1.29. The molecule has 19 heavy (non-hydrogen) atoms. The molecule has 0 aliphatic heterocycles. The lowest BCUT2D eigenvalue weighted by molar-refractivity contribution is 0.0950. The van der Waals surface area contributed by atoms with Crippen molar-refractivity contribution < 1.29 is 4.79 Å². The van der Waals surface area contributed by atoms with Crippen LogP contribution in [0.2, 0.25) is 0 Å². The Morgan fingerprint density at radius 1 is 1.26 bits per heavy atom. The van der Waals surface area contributed by atoms with Gasteiger partial charge in [-0.25, -0.2) is 15.0 Å². The third kappa shape index (κ3) is 3.74. The molecule has 0 aliphatic rings. The van der Waals surface area contributed by atoms with Gasteiger partial charge in [-0.1, -0.05) is 0 Å². The van der Waals surface area contributed by atoms with Crippen LogP contribution >= 0.6 is 0 Å². The molecule has 0 spiro atoms. The largest absolute Gasteiger partial charge is 0.370 e. The van der Waals surface area contributed by atoms with Gasteiger partial charge in [0.05, 0.1) is 17.8 Å². The fourth-order valence-corrected chi connectivity index (χ4v) is 1.51. The van der Waals surface area contributed by atoms with Gasteiger partial charge in [-0.05, 0) is 25.1 Å². The minimum atomic E-state index is -0.172. The van der Waals surface area contributed by atoms with E-state index in [2.05, 4.69) is 25.6 Å². The van der Waals surface area contributed by atoms with Crippen LogP contribution in [0.3, 0.4) is 0 Å². The number of carbonyl (C=O) groups excluding carboxylic acids is 1. The van der Waals surface area contributed by atoms with Crippen LogP contribution in [0.25, 0.3) is 0 Å². The van der Waals surface area contributed by atoms with Crippen LogP contribution in [0.5, 0.6) is 0 Å². The average Bonchev–Trinajstić information content (AvgIpc) is 2.47. The molecular formula is C13H15N5O. The highest BCUT2D eigenvalue weighted by molar-refractivity contribution is 5.93. The molecule has 2 heterocycles. The zero-order chi connectivity index (χ0) is 13.5. The van der Waals surface area contributed by atoms with Crippen molar-refractivity contribution in [2.45, 2.75) is 13.5 Å². The fraction of sp³-hybridized carbons (Fsp3) is 0.231. The summed E-state index contributed by atoms with van der Waals surface area (Å²) in [5.74, 6) is 0.587. The van der Waals surface area contributed by atoms with E-state index in [4.69, 9.17) is 0 Å². The predicted octanol–water partition coefficient (Wildman–Crippen LogP) is 1.23. The molecule has 6 nitrogen and oxygen atoms in total. The Labute approximate surface area is 111 Å². The molecule has 6 heteroatoms. The molecule has 1 amide bonds. The molecule has 0 fully saturated rings. The number of nitrogens with one attached hydrogen (secondary N) is 2. The Balaban J connectivity index is 1.92. The Kier molecular flexibility index (Phi) is 4.39. The first-order valence-electron chi connectivity index (χ1n) is 6.02. The maximum absolute atomic E-state index is 11.9. The molecule has 0 radical (unpaired) electrons. The highest BCUT2D eigenvalue weighted by Gasteiger charge is 2.06. The molecular weight excluding hydrogens is 242 g/mol. The summed E-state index contributed by atoms with van der Waals surface area (Å²) in [6, 6.07) is 5.27. The number of rotatable bonds is 5. The Hall–Kier alpha value is -2.50. The summed E-state index contributed by atoms with van der Waals surface area (Å²) >= 11 is 0. The van der Waals surface area contributed by atoms with Gasteiger partial charge in [0.2, 0.25) is 0 Å². The van der Waals surface area contributed by atoms with E-state index < -0.39 is 0 Å². The van der Waals surface area contributed by atoms with Crippen molar-refractivity contribution >= 4 is 11.7 Å². The second-order valence-electron chi connectivity index (χ2n) is 3.85. The first-order valence-corrected chi connectivity index (χ1v) is 6.02. The van der Waals surface area contributed by atoms with Gasteiger partial charge in [0, 0.05) is 18.9 Å². The van der Waals surface area contributed by atoms with Gasteiger partial charge in [-0.15, -0.1) is 0 Å². The fourth-order valence-electron chi connectivity index (χ4n) is 1.51. The van der Waals surface area contributed by atoms with Gasteiger partial charge in [0.1, 0.15) is 12.1 Å². The van der Waals surface area contributed by atoms with Crippen molar-refractivity contribution in [1.82, 2.24) is 20.3 Å². The number of aromatic nitrogens is 3. The first kappa shape index (κ1) is 12.9. The molecule has 2 N–H and O–H groups in total. The summed E-state index contributed by atoms with van der Waals surface area (Å²) in [4.78, 5) is 23.9. The predicted molar refractivity (Wildman–Crippen MR) is 71.6 cm³/mol. The Morgan fingerprint density at radius 2 is 2.16 bits per heavy atom. The first-order chi connectivity index (χ1) is 9.29. The van der Waals surface area contributed by atoms with Gasteiger partial charge in [-0.2, -0.15) is 0 Å². The van der Waals surface area contributed by atoms with Crippen molar-refractivity contribution in [3.05, 3.63) is 48.2 Å². The number of amides is 1. The standard InChI is InChI=1S/C13H15N5O/c1-2-15-12-4-3-10(7-16-12)13(19)17-8-11-5-6-14-9-18-11/h3-7,9H,2,8H2,1H3,(H,15,16)(H,17,19). The second-order valence-corrected chi connectivity index (χ2v) is 3.85. The molecule has 0 saturated heterocycles. The van der Waals surface area contributed by atoms with Crippen molar-refractivity contribution in [1.29, 1.82) is 0 Å². The zero-order valence-electron chi connectivity index (χ0n) is 10.6. The lowest BCUT2D eigenvalue weighted by Gasteiger charge is -2.05. The molecule has 0 unspecified atom stereocenters. The molecule has 2 aromatic rings. The van der Waals surface area contributed by atoms with E-state index in [1.807, 2.05) is 6.92 Å². The number of pyridine rings is 1. The molecule has 2 aromatic heterocycles.